The van der Waals surface area contributed by atoms with Crippen molar-refractivity contribution >= 4 is 5.91 Å². The molecule has 1 amide bonds. The van der Waals surface area contributed by atoms with E-state index in [0.29, 0.717) is 23.8 Å². The molecule has 2 atom stereocenters. The number of hydrogen-bond donors (Lipinski definition) is 2. The zero-order valence-corrected chi connectivity index (χ0v) is 10.6. The van der Waals surface area contributed by atoms with Crippen LogP contribution in [-0.4, -0.2) is 29.0 Å². The van der Waals surface area contributed by atoms with E-state index in [-0.39, 0.29) is 5.91 Å². The largest absolute Gasteiger partial charge is 0.348 e. The number of nitrogens with zero attached hydrogens (tertiary/aromatic N) is 1. The highest BCUT2D eigenvalue weighted by Crippen LogP contribution is 2.26. The van der Waals surface area contributed by atoms with Crippen LogP contribution in [0.1, 0.15) is 41.7 Å². The second kappa shape index (κ2) is 4.69. The lowest BCUT2D eigenvalue weighted by Gasteiger charge is -2.29. The number of amides is 1. The van der Waals surface area contributed by atoms with Crippen LogP contribution in [0.5, 0.6) is 0 Å². The molecular weight excluding hydrogens is 226 g/mol. The smallest absolute Gasteiger partial charge is 0.270 e. The highest BCUT2D eigenvalue weighted by atomic mass is 16.1. The Kier molecular flexibility index (Phi) is 3.04. The van der Waals surface area contributed by atoms with E-state index >= 15 is 0 Å². The first kappa shape index (κ1) is 11.7. The number of aryl methyl sites for hydroxylation is 1. The van der Waals surface area contributed by atoms with Crippen molar-refractivity contribution in [1.29, 1.82) is 0 Å². The quantitative estimate of drug-likeness (QED) is 0.828. The summed E-state index contributed by atoms with van der Waals surface area (Å²) >= 11 is 0. The van der Waals surface area contributed by atoms with Gasteiger partial charge in [-0.05, 0) is 44.2 Å². The van der Waals surface area contributed by atoms with E-state index in [2.05, 4.69) is 15.6 Å². The zero-order valence-electron chi connectivity index (χ0n) is 10.6. The van der Waals surface area contributed by atoms with E-state index in [0.717, 1.165) is 18.4 Å². The number of piperidine rings is 1. The summed E-state index contributed by atoms with van der Waals surface area (Å²) in [6, 6.07) is 5.28. The molecule has 2 aliphatic rings. The van der Waals surface area contributed by atoms with Crippen molar-refractivity contribution in [2.45, 2.75) is 50.7 Å². The molecule has 1 aromatic heterocycles. The van der Waals surface area contributed by atoms with E-state index in [4.69, 9.17) is 0 Å². The third-order valence-corrected chi connectivity index (χ3v) is 4.03. The van der Waals surface area contributed by atoms with Crippen molar-refractivity contribution in [1.82, 2.24) is 15.6 Å². The lowest BCUT2D eigenvalue weighted by molar-refractivity contribution is 0.0918. The Morgan fingerprint density at radius 1 is 1.39 bits per heavy atom. The average molecular weight is 245 g/mol. The molecule has 0 aromatic carbocycles. The lowest BCUT2D eigenvalue weighted by Crippen LogP contribution is -2.48. The van der Waals surface area contributed by atoms with E-state index < -0.39 is 0 Å². The van der Waals surface area contributed by atoms with Gasteiger partial charge in [0.15, 0.2) is 0 Å². The van der Waals surface area contributed by atoms with Gasteiger partial charge < -0.3 is 10.6 Å². The van der Waals surface area contributed by atoms with Crippen molar-refractivity contribution in [3.63, 3.8) is 0 Å². The van der Waals surface area contributed by atoms with Crippen LogP contribution in [0.15, 0.2) is 18.3 Å². The van der Waals surface area contributed by atoms with Gasteiger partial charge in [-0.15, -0.1) is 0 Å². The third-order valence-electron chi connectivity index (χ3n) is 4.03. The molecular formula is C14H19N3O. The number of nitrogens with one attached hydrogen (secondary N) is 2. The second-order valence-corrected chi connectivity index (χ2v) is 5.45. The van der Waals surface area contributed by atoms with Gasteiger partial charge >= 0.3 is 0 Å². The molecule has 2 aliphatic heterocycles. The summed E-state index contributed by atoms with van der Waals surface area (Å²) in [6.45, 7) is 1.92. The van der Waals surface area contributed by atoms with Gasteiger partial charge in [0.25, 0.3) is 5.91 Å². The van der Waals surface area contributed by atoms with Crippen molar-refractivity contribution in [3.8, 4) is 0 Å². The number of rotatable bonds is 2. The van der Waals surface area contributed by atoms with Crippen molar-refractivity contribution < 1.29 is 4.79 Å². The van der Waals surface area contributed by atoms with Crippen LogP contribution in [0.3, 0.4) is 0 Å². The maximum atomic E-state index is 12.2. The molecule has 2 saturated heterocycles. The van der Waals surface area contributed by atoms with Crippen LogP contribution in [0.25, 0.3) is 0 Å². The van der Waals surface area contributed by atoms with Crippen LogP contribution < -0.4 is 10.6 Å². The summed E-state index contributed by atoms with van der Waals surface area (Å²) < 4.78 is 0. The fourth-order valence-corrected chi connectivity index (χ4v) is 3.15. The Morgan fingerprint density at radius 3 is 2.78 bits per heavy atom. The highest BCUT2D eigenvalue weighted by molar-refractivity contribution is 5.93. The van der Waals surface area contributed by atoms with Gasteiger partial charge in [0.1, 0.15) is 5.69 Å². The van der Waals surface area contributed by atoms with E-state index in [9.17, 15) is 4.79 Å². The monoisotopic (exact) mass is 245 g/mol. The van der Waals surface area contributed by atoms with Crippen molar-refractivity contribution in [2.24, 2.45) is 0 Å². The number of pyridine rings is 1. The maximum Gasteiger partial charge on any atom is 0.270 e. The summed E-state index contributed by atoms with van der Waals surface area (Å²) in [4.78, 5) is 16.3. The van der Waals surface area contributed by atoms with Gasteiger partial charge in [-0.1, -0.05) is 6.07 Å². The molecule has 18 heavy (non-hydrogen) atoms. The third kappa shape index (κ3) is 2.25. The molecule has 0 spiro atoms. The fraction of sp³-hybridized carbons (Fsp3) is 0.571. The molecule has 2 N–H and O–H groups in total. The van der Waals surface area contributed by atoms with Gasteiger partial charge in [-0.2, -0.15) is 0 Å². The lowest BCUT2D eigenvalue weighted by atomic mass is 9.99. The maximum absolute atomic E-state index is 12.2. The molecule has 96 valence electrons. The minimum absolute atomic E-state index is 0.0283. The highest BCUT2D eigenvalue weighted by Gasteiger charge is 2.34. The summed E-state index contributed by atoms with van der Waals surface area (Å²) in [5, 5.41) is 6.71. The Balaban J connectivity index is 1.66. The number of carbonyl (C=O) groups is 1. The molecule has 1 aromatic rings. The van der Waals surface area contributed by atoms with Crippen LogP contribution in [0, 0.1) is 6.92 Å². The molecule has 4 nitrogen and oxygen atoms in total. The predicted molar refractivity (Wildman–Crippen MR) is 69.4 cm³/mol. The van der Waals surface area contributed by atoms with E-state index in [1.807, 2.05) is 19.1 Å². The topological polar surface area (TPSA) is 54.0 Å². The van der Waals surface area contributed by atoms with Gasteiger partial charge in [-0.3, -0.25) is 9.78 Å². The van der Waals surface area contributed by atoms with Crippen LogP contribution >= 0.6 is 0 Å². The van der Waals surface area contributed by atoms with Gasteiger partial charge in [0.2, 0.25) is 0 Å². The number of carbonyl (C=O) groups excluding carboxylic acids is 1. The normalized spacial score (nSPS) is 30.2. The SMILES string of the molecule is Cc1cccnc1C(=O)NC1CC2CCC(C1)N2. The molecule has 3 rings (SSSR count). The number of fused-ring (bicyclic) bond motifs is 2. The molecule has 2 fully saturated rings. The Morgan fingerprint density at radius 2 is 2.11 bits per heavy atom. The molecule has 4 heteroatoms. The summed E-state index contributed by atoms with van der Waals surface area (Å²) in [5.74, 6) is -0.0283. The molecule has 2 unspecified atom stereocenters. The second-order valence-electron chi connectivity index (χ2n) is 5.45. The first-order chi connectivity index (χ1) is 8.72. The van der Waals surface area contributed by atoms with Crippen LogP contribution in [0.2, 0.25) is 0 Å². The zero-order chi connectivity index (χ0) is 12.5. The number of hydrogen-bond acceptors (Lipinski definition) is 3. The Labute approximate surface area is 107 Å². The van der Waals surface area contributed by atoms with E-state index in [1.54, 1.807) is 6.20 Å². The minimum atomic E-state index is -0.0283. The van der Waals surface area contributed by atoms with E-state index in [1.165, 1.54) is 12.8 Å². The molecule has 0 aliphatic carbocycles. The Hall–Kier alpha value is -1.42. The van der Waals surface area contributed by atoms with Crippen molar-refractivity contribution in [3.05, 3.63) is 29.6 Å². The summed E-state index contributed by atoms with van der Waals surface area (Å²) in [7, 11) is 0. The predicted octanol–water partition coefficient (Wildman–Crippen LogP) is 1.40. The summed E-state index contributed by atoms with van der Waals surface area (Å²) in [5.41, 5.74) is 1.50. The summed E-state index contributed by atoms with van der Waals surface area (Å²) in [6.07, 6.45) is 6.27. The first-order valence-electron chi connectivity index (χ1n) is 6.71. The molecule has 3 heterocycles. The van der Waals surface area contributed by atoms with Crippen LogP contribution in [0.4, 0.5) is 0 Å². The minimum Gasteiger partial charge on any atom is -0.348 e. The first-order valence-corrected chi connectivity index (χ1v) is 6.71. The fourth-order valence-electron chi connectivity index (χ4n) is 3.15. The van der Waals surface area contributed by atoms with Gasteiger partial charge in [-0.25, -0.2) is 0 Å². The molecule has 2 bridgehead atoms. The average Bonchev–Trinajstić information content (AvgIpc) is 2.69. The molecule has 0 saturated carbocycles. The van der Waals surface area contributed by atoms with Gasteiger partial charge in [0.05, 0.1) is 0 Å². The van der Waals surface area contributed by atoms with Gasteiger partial charge in [0, 0.05) is 24.3 Å². The van der Waals surface area contributed by atoms with Crippen LogP contribution in [-0.2, 0) is 0 Å². The standard InChI is InChI=1S/C14H19N3O/c1-9-3-2-6-15-13(9)14(18)17-12-7-10-4-5-11(8-12)16-10/h2-3,6,10-12,16H,4-5,7-8H2,1H3,(H,17,18). The molecule has 0 radical (unpaired) electrons. The van der Waals surface area contributed by atoms with Crippen molar-refractivity contribution in [2.75, 3.05) is 0 Å². The Bertz CT molecular complexity index is 448. The number of aromatic nitrogens is 1.